The third-order valence-corrected chi connectivity index (χ3v) is 8.21. The molecule has 1 aromatic carbocycles. The van der Waals surface area contributed by atoms with Crippen LogP contribution in [0, 0.1) is 19.3 Å². The molecule has 1 saturated heterocycles. The number of pyridine rings is 2. The molecule has 1 aliphatic heterocycles. The lowest BCUT2D eigenvalue weighted by atomic mass is 9.82. The van der Waals surface area contributed by atoms with E-state index in [-0.39, 0.29) is 5.41 Å². The molecular weight excluding hydrogens is 564 g/mol. The summed E-state index contributed by atoms with van der Waals surface area (Å²) in [7, 11) is 1.99. The topological polar surface area (TPSA) is 88.0 Å². The average Bonchev–Trinajstić information content (AvgIpc) is 2.92. The highest BCUT2D eigenvalue weighted by molar-refractivity contribution is 6.32. The van der Waals surface area contributed by atoms with E-state index in [0.29, 0.717) is 35.2 Å². The lowest BCUT2D eigenvalue weighted by Gasteiger charge is -2.40. The fourth-order valence-corrected chi connectivity index (χ4v) is 5.58. The molecule has 1 atom stereocenters. The lowest BCUT2D eigenvalue weighted by molar-refractivity contribution is -0.160. The number of aromatic nitrogens is 2. The van der Waals surface area contributed by atoms with Gasteiger partial charge in [-0.2, -0.15) is 0 Å². The molecular formula is C34H45ClN4O4. The molecule has 1 aliphatic rings. The Labute approximate surface area is 261 Å². The van der Waals surface area contributed by atoms with Crippen molar-refractivity contribution >= 4 is 28.9 Å². The molecule has 0 bridgehead atoms. The Kier molecular flexibility index (Phi) is 9.92. The van der Waals surface area contributed by atoms with Gasteiger partial charge in [0.25, 0.3) is 0 Å². The van der Waals surface area contributed by atoms with Gasteiger partial charge in [0.05, 0.1) is 40.4 Å². The van der Waals surface area contributed by atoms with Crippen LogP contribution < -0.4 is 14.5 Å². The SMILES string of the molecule is Cc1ccc(OCCN(C)c2ccc(-c3cnc(C)c([C@H](OC(C)(C)C)C(=O)O)c3N3CCC(C)(C)CC3)nc2)c(Cl)c1. The number of halogens is 1. The van der Waals surface area contributed by atoms with Crippen LogP contribution in [0.25, 0.3) is 11.3 Å². The van der Waals surface area contributed by atoms with Crippen LogP contribution in [0.3, 0.4) is 0 Å². The van der Waals surface area contributed by atoms with E-state index in [0.717, 1.165) is 54.1 Å². The zero-order chi connectivity index (χ0) is 31.5. The first kappa shape index (κ1) is 32.6. The van der Waals surface area contributed by atoms with Gasteiger partial charge in [-0.1, -0.05) is 31.5 Å². The van der Waals surface area contributed by atoms with Gasteiger partial charge in [-0.15, -0.1) is 0 Å². The normalized spacial score (nSPS) is 15.7. The summed E-state index contributed by atoms with van der Waals surface area (Å²) in [5, 5.41) is 10.9. The van der Waals surface area contributed by atoms with Crippen LogP contribution in [0.15, 0.2) is 42.7 Å². The van der Waals surface area contributed by atoms with Crippen LogP contribution in [-0.4, -0.2) is 59.9 Å². The van der Waals surface area contributed by atoms with Gasteiger partial charge >= 0.3 is 5.97 Å². The van der Waals surface area contributed by atoms with Gasteiger partial charge in [0.15, 0.2) is 6.10 Å². The fraction of sp³-hybridized carbons (Fsp3) is 0.500. The van der Waals surface area contributed by atoms with E-state index in [1.165, 1.54) is 0 Å². The first-order valence-corrected chi connectivity index (χ1v) is 15.2. The number of piperidine rings is 1. The Hall–Kier alpha value is -3.36. The molecule has 0 saturated carbocycles. The van der Waals surface area contributed by atoms with E-state index < -0.39 is 17.7 Å². The summed E-state index contributed by atoms with van der Waals surface area (Å²) in [6.07, 6.45) is 4.48. The molecule has 0 unspecified atom stereocenters. The second-order valence-electron chi connectivity index (χ2n) is 13.2. The molecule has 4 rings (SSSR count). The first-order chi connectivity index (χ1) is 20.1. The number of carboxylic acid groups (broad SMARTS) is 1. The number of aliphatic carboxylic acids is 1. The summed E-state index contributed by atoms with van der Waals surface area (Å²) in [5.74, 6) is -0.366. The number of benzene rings is 1. The molecule has 43 heavy (non-hydrogen) atoms. The smallest absolute Gasteiger partial charge is 0.337 e. The Bertz CT molecular complexity index is 1430. The van der Waals surface area contributed by atoms with Gasteiger partial charge in [-0.25, -0.2) is 4.79 Å². The highest BCUT2D eigenvalue weighted by Gasteiger charge is 2.36. The number of carboxylic acids is 1. The van der Waals surface area contributed by atoms with Crippen LogP contribution in [0.5, 0.6) is 5.75 Å². The molecule has 1 fully saturated rings. The number of ether oxygens (including phenoxy) is 2. The average molecular weight is 609 g/mol. The summed E-state index contributed by atoms with van der Waals surface area (Å²) in [6.45, 7) is 16.8. The number of rotatable bonds is 10. The summed E-state index contributed by atoms with van der Waals surface area (Å²) in [5.41, 5.74) is 5.20. The van der Waals surface area contributed by atoms with Crippen molar-refractivity contribution in [3.63, 3.8) is 0 Å². The van der Waals surface area contributed by atoms with Gasteiger partial charge in [0.1, 0.15) is 12.4 Å². The predicted octanol–water partition coefficient (Wildman–Crippen LogP) is 7.50. The van der Waals surface area contributed by atoms with Crippen LogP contribution >= 0.6 is 11.6 Å². The molecule has 232 valence electrons. The number of carbonyl (C=O) groups is 1. The third kappa shape index (κ3) is 8.18. The maximum Gasteiger partial charge on any atom is 0.337 e. The number of hydrogen-bond acceptors (Lipinski definition) is 7. The quantitative estimate of drug-likeness (QED) is 0.253. The number of likely N-dealkylation sites (N-methyl/N-ethyl adjacent to an activating group) is 1. The monoisotopic (exact) mass is 608 g/mol. The van der Waals surface area contributed by atoms with Crippen molar-refractivity contribution in [3.05, 3.63) is 64.6 Å². The number of aryl methyl sites for hydroxylation is 2. The van der Waals surface area contributed by atoms with Crippen molar-refractivity contribution < 1.29 is 19.4 Å². The molecule has 0 spiro atoms. The van der Waals surface area contributed by atoms with E-state index in [2.05, 4.69) is 28.6 Å². The minimum Gasteiger partial charge on any atom is -0.490 e. The lowest BCUT2D eigenvalue weighted by Crippen LogP contribution is -2.39. The summed E-state index contributed by atoms with van der Waals surface area (Å²) in [6, 6.07) is 9.75. The van der Waals surface area contributed by atoms with E-state index in [1.807, 2.05) is 84.4 Å². The van der Waals surface area contributed by atoms with Crippen molar-refractivity contribution in [2.45, 2.75) is 73.0 Å². The molecule has 3 aromatic rings. The van der Waals surface area contributed by atoms with Crippen LogP contribution in [0.2, 0.25) is 5.02 Å². The molecule has 3 heterocycles. The molecule has 9 heteroatoms. The second-order valence-corrected chi connectivity index (χ2v) is 13.6. The highest BCUT2D eigenvalue weighted by atomic mass is 35.5. The van der Waals surface area contributed by atoms with Crippen molar-refractivity contribution in [1.29, 1.82) is 0 Å². The second kappa shape index (κ2) is 13.1. The molecule has 8 nitrogen and oxygen atoms in total. The van der Waals surface area contributed by atoms with E-state index in [1.54, 1.807) is 0 Å². The standard InChI is InChI=1S/C34H45ClN4O4/c1-22-9-12-28(26(35)19-22)42-18-17-38(8)24-10-11-27(37-20-24)25-21-36-23(2)29(31(32(40)41)43-33(3,4)5)30(25)39-15-13-34(6,7)14-16-39/h9-12,19-21,31H,13-18H2,1-8H3,(H,40,41)/t31-/m0/s1. The van der Waals surface area contributed by atoms with E-state index >= 15 is 0 Å². The minimum atomic E-state index is -1.16. The number of hydrogen-bond donors (Lipinski definition) is 1. The Morgan fingerprint density at radius 2 is 1.81 bits per heavy atom. The molecule has 2 aromatic heterocycles. The molecule has 0 radical (unpaired) electrons. The first-order valence-electron chi connectivity index (χ1n) is 14.9. The maximum absolute atomic E-state index is 12.6. The van der Waals surface area contributed by atoms with Crippen molar-refractivity contribution in [2.24, 2.45) is 5.41 Å². The minimum absolute atomic E-state index is 0.228. The van der Waals surface area contributed by atoms with Gasteiger partial charge in [-0.05, 0) is 82.7 Å². The van der Waals surface area contributed by atoms with Crippen LogP contribution in [-0.2, 0) is 9.53 Å². The van der Waals surface area contributed by atoms with Crippen molar-refractivity contribution in [2.75, 3.05) is 43.1 Å². The summed E-state index contributed by atoms with van der Waals surface area (Å²) in [4.78, 5) is 26.5. The number of nitrogens with zero attached hydrogens (tertiary/aromatic N) is 4. The van der Waals surface area contributed by atoms with E-state index in [9.17, 15) is 9.90 Å². The Morgan fingerprint density at radius 3 is 2.40 bits per heavy atom. The third-order valence-electron chi connectivity index (χ3n) is 7.91. The van der Waals surface area contributed by atoms with Crippen molar-refractivity contribution in [3.8, 4) is 17.0 Å². The summed E-state index contributed by atoms with van der Waals surface area (Å²) >= 11 is 6.31. The van der Waals surface area contributed by atoms with Gasteiger partial charge < -0.3 is 24.4 Å². The molecule has 0 aliphatic carbocycles. The molecule has 1 N–H and O–H groups in total. The predicted molar refractivity (Wildman–Crippen MR) is 174 cm³/mol. The maximum atomic E-state index is 12.6. The zero-order valence-corrected chi connectivity index (χ0v) is 27.5. The van der Waals surface area contributed by atoms with E-state index in [4.69, 9.17) is 26.1 Å². The Balaban J connectivity index is 1.64. The Morgan fingerprint density at radius 1 is 1.12 bits per heavy atom. The highest BCUT2D eigenvalue weighted by Crippen LogP contribution is 2.43. The zero-order valence-electron chi connectivity index (χ0n) is 26.7. The van der Waals surface area contributed by atoms with Crippen molar-refractivity contribution in [1.82, 2.24) is 9.97 Å². The van der Waals surface area contributed by atoms with Gasteiger partial charge in [-0.3, -0.25) is 9.97 Å². The van der Waals surface area contributed by atoms with Crippen LogP contribution in [0.4, 0.5) is 11.4 Å². The molecule has 0 amide bonds. The van der Waals surface area contributed by atoms with Gasteiger partial charge in [0.2, 0.25) is 0 Å². The number of anilines is 2. The van der Waals surface area contributed by atoms with Gasteiger partial charge in [0, 0.05) is 43.2 Å². The summed E-state index contributed by atoms with van der Waals surface area (Å²) < 4.78 is 12.1. The largest absolute Gasteiger partial charge is 0.490 e. The van der Waals surface area contributed by atoms with Crippen LogP contribution in [0.1, 0.15) is 70.4 Å². The fourth-order valence-electron chi connectivity index (χ4n) is 5.29.